The van der Waals surface area contributed by atoms with Gasteiger partial charge in [0.1, 0.15) is 5.75 Å². The van der Waals surface area contributed by atoms with Gasteiger partial charge in [0, 0.05) is 25.2 Å². The molecule has 1 spiro atoms. The van der Waals surface area contributed by atoms with E-state index in [1.165, 1.54) is 16.7 Å². The van der Waals surface area contributed by atoms with Crippen molar-refractivity contribution in [2.75, 3.05) is 13.6 Å². The molecule has 1 aromatic carbocycles. The fourth-order valence-electron chi connectivity index (χ4n) is 3.48. The maximum Gasteiger partial charge on any atom is 0.156 e. The molecule has 2 heteroatoms. The maximum atomic E-state index is 6.39. The van der Waals surface area contributed by atoms with Crippen molar-refractivity contribution in [1.82, 2.24) is 4.90 Å². The second kappa shape index (κ2) is 3.77. The minimum Gasteiger partial charge on any atom is -0.480 e. The molecule has 2 aliphatic heterocycles. The average molecular weight is 251 g/mol. The lowest BCUT2D eigenvalue weighted by atomic mass is 9.79. The molecular weight excluding hydrogens is 234 g/mol. The van der Waals surface area contributed by atoms with Crippen LogP contribution in [0.2, 0.25) is 0 Å². The number of rotatable bonds is 0. The highest BCUT2D eigenvalue weighted by Gasteiger charge is 2.46. The first kappa shape index (κ1) is 10.9. The van der Waals surface area contributed by atoms with Crippen molar-refractivity contribution in [3.8, 4) is 5.75 Å². The fraction of sp³-hybridized carbons (Fsp3) is 0.294. The summed E-state index contributed by atoms with van der Waals surface area (Å²) < 4.78 is 6.39. The highest BCUT2D eigenvalue weighted by atomic mass is 16.5. The van der Waals surface area contributed by atoms with Crippen molar-refractivity contribution >= 4 is 0 Å². The summed E-state index contributed by atoms with van der Waals surface area (Å²) in [4.78, 5) is 2.26. The van der Waals surface area contributed by atoms with Gasteiger partial charge in [0.25, 0.3) is 0 Å². The number of para-hydroxylation sites is 1. The number of likely N-dealkylation sites (N-methyl/N-ethyl adjacent to an activating group) is 1. The molecule has 4 rings (SSSR count). The molecule has 1 unspecified atom stereocenters. The van der Waals surface area contributed by atoms with Crippen molar-refractivity contribution in [2.24, 2.45) is 0 Å². The number of hydrogen-bond donors (Lipinski definition) is 0. The molecule has 0 saturated heterocycles. The Morgan fingerprint density at radius 2 is 2.16 bits per heavy atom. The summed E-state index contributed by atoms with van der Waals surface area (Å²) in [5.41, 5.74) is 3.90. The third kappa shape index (κ3) is 1.56. The molecule has 19 heavy (non-hydrogen) atoms. The lowest BCUT2D eigenvalue weighted by molar-refractivity contribution is 0.0988. The minimum atomic E-state index is -0.187. The van der Waals surface area contributed by atoms with E-state index in [-0.39, 0.29) is 5.60 Å². The van der Waals surface area contributed by atoms with Crippen LogP contribution in [0.15, 0.2) is 59.8 Å². The fourth-order valence-corrected chi connectivity index (χ4v) is 3.48. The third-order valence-corrected chi connectivity index (χ3v) is 4.21. The first-order valence-corrected chi connectivity index (χ1v) is 6.82. The molecule has 0 fully saturated rings. The van der Waals surface area contributed by atoms with E-state index in [1.54, 1.807) is 0 Å². The number of nitrogens with zero attached hydrogens (tertiary/aromatic N) is 1. The molecule has 0 aromatic heterocycles. The normalized spacial score (nSPS) is 27.5. The predicted molar refractivity (Wildman–Crippen MR) is 76.1 cm³/mol. The topological polar surface area (TPSA) is 12.5 Å². The lowest BCUT2D eigenvalue weighted by Gasteiger charge is -2.41. The zero-order valence-corrected chi connectivity index (χ0v) is 11.1. The van der Waals surface area contributed by atoms with Crippen molar-refractivity contribution in [3.05, 3.63) is 65.4 Å². The summed E-state index contributed by atoms with van der Waals surface area (Å²) >= 11 is 0. The van der Waals surface area contributed by atoms with Gasteiger partial charge in [-0.1, -0.05) is 36.4 Å². The second-order valence-corrected chi connectivity index (χ2v) is 5.66. The highest BCUT2D eigenvalue weighted by molar-refractivity contribution is 5.53. The average Bonchev–Trinajstić information content (AvgIpc) is 2.76. The molecule has 2 nitrogen and oxygen atoms in total. The van der Waals surface area contributed by atoms with Crippen LogP contribution < -0.4 is 4.74 Å². The second-order valence-electron chi connectivity index (χ2n) is 5.66. The molecule has 0 N–H and O–H groups in total. The Labute approximate surface area is 113 Å². The smallest absolute Gasteiger partial charge is 0.156 e. The van der Waals surface area contributed by atoms with Gasteiger partial charge in [-0.25, -0.2) is 0 Å². The predicted octanol–water partition coefficient (Wildman–Crippen LogP) is 3.08. The molecule has 0 amide bonds. The van der Waals surface area contributed by atoms with Crippen LogP contribution in [0.3, 0.4) is 0 Å². The molecule has 96 valence electrons. The Hall–Kier alpha value is -1.96. The van der Waals surface area contributed by atoms with E-state index in [0.717, 1.165) is 25.1 Å². The summed E-state index contributed by atoms with van der Waals surface area (Å²) in [5.74, 6) is 1.05. The van der Waals surface area contributed by atoms with E-state index < -0.39 is 0 Å². The Bertz CT molecular complexity index is 599. The number of fused-ring (bicyclic) bond motifs is 3. The van der Waals surface area contributed by atoms with Crippen LogP contribution in [-0.2, 0) is 6.42 Å². The van der Waals surface area contributed by atoms with Crippen LogP contribution in [0, 0.1) is 0 Å². The van der Waals surface area contributed by atoms with Crippen molar-refractivity contribution in [2.45, 2.75) is 18.4 Å². The van der Waals surface area contributed by atoms with Gasteiger partial charge in [-0.2, -0.15) is 0 Å². The van der Waals surface area contributed by atoms with Gasteiger partial charge in [0.05, 0.1) is 6.54 Å². The molecule has 1 aromatic rings. The summed E-state index contributed by atoms with van der Waals surface area (Å²) in [7, 11) is 2.14. The van der Waals surface area contributed by atoms with Crippen LogP contribution in [0.5, 0.6) is 5.75 Å². The molecule has 1 atom stereocenters. The third-order valence-electron chi connectivity index (χ3n) is 4.21. The van der Waals surface area contributed by atoms with Gasteiger partial charge in [-0.05, 0) is 23.6 Å². The maximum absolute atomic E-state index is 6.39. The number of hydrogen-bond acceptors (Lipinski definition) is 2. The van der Waals surface area contributed by atoms with Gasteiger partial charge in [-0.15, -0.1) is 0 Å². The van der Waals surface area contributed by atoms with E-state index >= 15 is 0 Å². The molecule has 0 bridgehead atoms. The number of benzene rings is 1. The summed E-state index contributed by atoms with van der Waals surface area (Å²) in [6.45, 7) is 0.921. The van der Waals surface area contributed by atoms with Crippen molar-refractivity contribution in [1.29, 1.82) is 0 Å². The largest absolute Gasteiger partial charge is 0.480 e. The zero-order chi connectivity index (χ0) is 12.9. The van der Waals surface area contributed by atoms with Crippen LogP contribution in [0.4, 0.5) is 0 Å². The molecule has 0 radical (unpaired) electrons. The van der Waals surface area contributed by atoms with Gasteiger partial charge < -0.3 is 9.64 Å². The zero-order valence-electron chi connectivity index (χ0n) is 11.1. The van der Waals surface area contributed by atoms with E-state index in [0.29, 0.717) is 0 Å². The van der Waals surface area contributed by atoms with Crippen LogP contribution in [0.25, 0.3) is 0 Å². The van der Waals surface area contributed by atoms with Crippen LogP contribution in [0.1, 0.15) is 12.0 Å². The summed E-state index contributed by atoms with van der Waals surface area (Å²) in [6.07, 6.45) is 10.8. The Morgan fingerprint density at radius 3 is 3.05 bits per heavy atom. The Morgan fingerprint density at radius 1 is 1.26 bits per heavy atom. The number of allylic oxidation sites excluding steroid dienone is 3. The van der Waals surface area contributed by atoms with Crippen LogP contribution in [-0.4, -0.2) is 24.1 Å². The van der Waals surface area contributed by atoms with Crippen LogP contribution >= 0.6 is 0 Å². The summed E-state index contributed by atoms with van der Waals surface area (Å²) in [6, 6.07) is 8.42. The van der Waals surface area contributed by atoms with E-state index in [1.807, 2.05) is 0 Å². The Balaban J connectivity index is 1.82. The highest BCUT2D eigenvalue weighted by Crippen LogP contribution is 2.45. The molecule has 3 aliphatic rings. The molecular formula is C17H17NO. The van der Waals surface area contributed by atoms with Crippen molar-refractivity contribution < 1.29 is 4.74 Å². The SMILES string of the molecule is CN1C=C2CC=CC=C2C2(Cc3ccccc3O2)C1. The van der Waals surface area contributed by atoms with Gasteiger partial charge >= 0.3 is 0 Å². The standard InChI is InChI=1S/C17H17NO/c1-18-11-14-7-2-4-8-15(14)17(12-18)10-13-6-3-5-9-16(13)19-17/h2-6,8-9,11H,7,10,12H2,1H3. The van der Waals surface area contributed by atoms with E-state index in [4.69, 9.17) is 4.74 Å². The van der Waals surface area contributed by atoms with Gasteiger partial charge in [0.2, 0.25) is 0 Å². The van der Waals surface area contributed by atoms with Gasteiger partial charge in [0.15, 0.2) is 5.60 Å². The van der Waals surface area contributed by atoms with E-state index in [2.05, 4.69) is 60.6 Å². The first-order valence-electron chi connectivity index (χ1n) is 6.82. The minimum absolute atomic E-state index is 0.187. The quantitative estimate of drug-likeness (QED) is 0.702. The van der Waals surface area contributed by atoms with Crippen molar-refractivity contribution in [3.63, 3.8) is 0 Å². The summed E-state index contributed by atoms with van der Waals surface area (Å²) in [5, 5.41) is 0. The molecule has 2 heterocycles. The monoisotopic (exact) mass is 251 g/mol. The first-order chi connectivity index (χ1) is 9.27. The molecule has 0 saturated carbocycles. The van der Waals surface area contributed by atoms with E-state index in [9.17, 15) is 0 Å². The lowest BCUT2D eigenvalue weighted by Crippen LogP contribution is -2.49. The number of ether oxygens (including phenoxy) is 1. The van der Waals surface area contributed by atoms with Gasteiger partial charge in [-0.3, -0.25) is 0 Å². The molecule has 1 aliphatic carbocycles. The Kier molecular flexibility index (Phi) is 2.16.